The first-order valence-electron chi connectivity index (χ1n) is 9.03. The highest BCUT2D eigenvalue weighted by Gasteiger charge is 2.39. The van der Waals surface area contributed by atoms with E-state index in [0.29, 0.717) is 25.2 Å². The van der Waals surface area contributed by atoms with Gasteiger partial charge in [0, 0.05) is 24.2 Å². The molecule has 1 unspecified atom stereocenters. The number of non-ortho nitro benzene ring substituents is 1. The summed E-state index contributed by atoms with van der Waals surface area (Å²) in [7, 11) is -3.86. The molecule has 1 aliphatic rings. The van der Waals surface area contributed by atoms with Crippen molar-refractivity contribution in [3.8, 4) is 11.4 Å². The third-order valence-electron chi connectivity index (χ3n) is 4.86. The molecular formula is C19H18N4O5S. The molecule has 0 bridgehead atoms. The number of rotatable bonds is 5. The van der Waals surface area contributed by atoms with E-state index in [1.807, 2.05) is 31.2 Å². The Morgan fingerprint density at radius 2 is 1.97 bits per heavy atom. The number of nitrogens with zero attached hydrogens (tertiary/aromatic N) is 4. The molecule has 0 radical (unpaired) electrons. The van der Waals surface area contributed by atoms with Crippen molar-refractivity contribution in [3.63, 3.8) is 0 Å². The molecule has 1 aliphatic heterocycles. The fraction of sp³-hybridized carbons (Fsp3) is 0.263. The number of hydrogen-bond acceptors (Lipinski definition) is 7. The van der Waals surface area contributed by atoms with Crippen LogP contribution in [0.25, 0.3) is 11.4 Å². The zero-order valence-electron chi connectivity index (χ0n) is 15.6. The van der Waals surface area contributed by atoms with Gasteiger partial charge in [0.1, 0.15) is 6.04 Å². The predicted molar refractivity (Wildman–Crippen MR) is 103 cm³/mol. The van der Waals surface area contributed by atoms with Crippen molar-refractivity contribution in [2.45, 2.75) is 30.7 Å². The SMILES string of the molecule is Cc1cccc(-c2noc(C3CCCN3S(=O)(=O)c3ccc([N+](=O)[O-])cc3)n2)c1. The maximum atomic E-state index is 13.1. The lowest BCUT2D eigenvalue weighted by atomic mass is 10.1. The molecule has 0 aliphatic carbocycles. The average Bonchev–Trinajstić information content (AvgIpc) is 3.37. The summed E-state index contributed by atoms with van der Waals surface area (Å²) in [5, 5.41) is 14.8. The molecule has 0 spiro atoms. The summed E-state index contributed by atoms with van der Waals surface area (Å²) < 4.78 is 32.9. The Balaban J connectivity index is 1.63. The summed E-state index contributed by atoms with van der Waals surface area (Å²) in [5.74, 6) is 0.646. The van der Waals surface area contributed by atoms with Gasteiger partial charge in [0.25, 0.3) is 5.69 Å². The summed E-state index contributed by atoms with van der Waals surface area (Å²) in [6.07, 6.45) is 1.21. The van der Waals surface area contributed by atoms with Crippen LogP contribution in [0.2, 0.25) is 0 Å². The lowest BCUT2D eigenvalue weighted by molar-refractivity contribution is -0.384. The number of nitro groups is 1. The van der Waals surface area contributed by atoms with Crippen molar-refractivity contribution in [1.29, 1.82) is 0 Å². The van der Waals surface area contributed by atoms with Gasteiger partial charge in [0.05, 0.1) is 9.82 Å². The van der Waals surface area contributed by atoms with Crippen molar-refractivity contribution in [2.24, 2.45) is 0 Å². The van der Waals surface area contributed by atoms with Crippen LogP contribution in [-0.4, -0.2) is 34.3 Å². The van der Waals surface area contributed by atoms with Crippen LogP contribution in [0.15, 0.2) is 57.9 Å². The molecular weight excluding hydrogens is 396 g/mol. The Morgan fingerprint density at radius 1 is 1.21 bits per heavy atom. The van der Waals surface area contributed by atoms with Crippen LogP contribution < -0.4 is 0 Å². The van der Waals surface area contributed by atoms with Crippen LogP contribution in [0.4, 0.5) is 5.69 Å². The average molecular weight is 414 g/mol. The molecule has 0 amide bonds. The minimum atomic E-state index is -3.86. The monoisotopic (exact) mass is 414 g/mol. The fourth-order valence-corrected chi connectivity index (χ4v) is 5.07. The molecule has 1 aromatic heterocycles. The Kier molecular flexibility index (Phi) is 4.89. The Morgan fingerprint density at radius 3 is 2.66 bits per heavy atom. The molecule has 10 heteroatoms. The van der Waals surface area contributed by atoms with Gasteiger partial charge < -0.3 is 4.52 Å². The molecule has 1 atom stereocenters. The zero-order chi connectivity index (χ0) is 20.6. The van der Waals surface area contributed by atoms with Gasteiger partial charge in [-0.1, -0.05) is 28.9 Å². The summed E-state index contributed by atoms with van der Waals surface area (Å²) in [5.41, 5.74) is 1.68. The van der Waals surface area contributed by atoms with Gasteiger partial charge in [0.15, 0.2) is 0 Å². The molecule has 2 heterocycles. The Hall–Kier alpha value is -3.11. The molecule has 1 fully saturated rings. The van der Waals surface area contributed by atoms with E-state index in [4.69, 9.17) is 4.52 Å². The van der Waals surface area contributed by atoms with E-state index in [-0.39, 0.29) is 16.5 Å². The highest BCUT2D eigenvalue weighted by molar-refractivity contribution is 7.89. The van der Waals surface area contributed by atoms with Crippen LogP contribution in [0, 0.1) is 17.0 Å². The minimum absolute atomic E-state index is 0.00609. The second-order valence-electron chi connectivity index (χ2n) is 6.85. The zero-order valence-corrected chi connectivity index (χ0v) is 16.4. The van der Waals surface area contributed by atoms with Gasteiger partial charge in [-0.3, -0.25) is 10.1 Å². The van der Waals surface area contributed by atoms with Crippen LogP contribution in [-0.2, 0) is 10.0 Å². The second-order valence-corrected chi connectivity index (χ2v) is 8.74. The van der Waals surface area contributed by atoms with E-state index in [1.54, 1.807) is 0 Å². The molecule has 150 valence electrons. The van der Waals surface area contributed by atoms with E-state index in [1.165, 1.54) is 28.6 Å². The van der Waals surface area contributed by atoms with E-state index in [2.05, 4.69) is 10.1 Å². The number of hydrogen-bond donors (Lipinski definition) is 0. The van der Waals surface area contributed by atoms with Crippen molar-refractivity contribution < 1.29 is 17.9 Å². The van der Waals surface area contributed by atoms with E-state index in [0.717, 1.165) is 11.1 Å². The van der Waals surface area contributed by atoms with Gasteiger partial charge in [-0.25, -0.2) is 8.42 Å². The topological polar surface area (TPSA) is 119 Å². The highest BCUT2D eigenvalue weighted by Crippen LogP contribution is 2.36. The highest BCUT2D eigenvalue weighted by atomic mass is 32.2. The summed E-state index contributed by atoms with van der Waals surface area (Å²) >= 11 is 0. The largest absolute Gasteiger partial charge is 0.337 e. The molecule has 3 aromatic rings. The molecule has 4 rings (SSSR count). The van der Waals surface area contributed by atoms with E-state index < -0.39 is 21.0 Å². The number of aryl methyl sites for hydroxylation is 1. The lowest BCUT2D eigenvalue weighted by Gasteiger charge is -2.21. The molecule has 0 N–H and O–H groups in total. The fourth-order valence-electron chi connectivity index (χ4n) is 3.42. The molecule has 9 nitrogen and oxygen atoms in total. The van der Waals surface area contributed by atoms with Crippen LogP contribution in [0.3, 0.4) is 0 Å². The first-order valence-corrected chi connectivity index (χ1v) is 10.5. The van der Waals surface area contributed by atoms with Gasteiger partial charge in [-0.15, -0.1) is 0 Å². The first-order chi connectivity index (χ1) is 13.9. The maximum absolute atomic E-state index is 13.1. The Bertz CT molecular complexity index is 1160. The summed E-state index contributed by atoms with van der Waals surface area (Å²) in [6.45, 7) is 2.27. The van der Waals surface area contributed by atoms with Gasteiger partial charge in [0.2, 0.25) is 21.7 Å². The van der Waals surface area contributed by atoms with Gasteiger partial charge >= 0.3 is 0 Å². The molecule has 2 aromatic carbocycles. The molecule has 1 saturated heterocycles. The standard InChI is InChI=1S/C19H18N4O5S/c1-13-4-2-5-14(12-13)18-20-19(28-21-18)17-6-3-11-22(17)29(26,27)16-9-7-15(8-10-16)23(24)25/h2,4-5,7-10,12,17H,3,6,11H2,1H3. The molecule has 0 saturated carbocycles. The van der Waals surface area contributed by atoms with Crippen LogP contribution >= 0.6 is 0 Å². The van der Waals surface area contributed by atoms with Gasteiger partial charge in [-0.05, 0) is 38.0 Å². The normalized spacial score (nSPS) is 17.5. The van der Waals surface area contributed by atoms with E-state index in [9.17, 15) is 18.5 Å². The maximum Gasteiger partial charge on any atom is 0.269 e. The number of sulfonamides is 1. The lowest BCUT2D eigenvalue weighted by Crippen LogP contribution is -2.30. The number of nitro benzene ring substituents is 1. The van der Waals surface area contributed by atoms with E-state index >= 15 is 0 Å². The van der Waals surface area contributed by atoms with Crippen LogP contribution in [0.5, 0.6) is 0 Å². The second kappa shape index (κ2) is 7.37. The predicted octanol–water partition coefficient (Wildman–Crippen LogP) is 3.48. The third kappa shape index (κ3) is 3.64. The number of aromatic nitrogens is 2. The first kappa shape index (κ1) is 19.2. The van der Waals surface area contributed by atoms with Crippen molar-refractivity contribution >= 4 is 15.7 Å². The molecule has 29 heavy (non-hydrogen) atoms. The van der Waals surface area contributed by atoms with Crippen LogP contribution in [0.1, 0.15) is 30.3 Å². The summed E-state index contributed by atoms with van der Waals surface area (Å²) in [6, 6.07) is 11.9. The minimum Gasteiger partial charge on any atom is -0.337 e. The Labute approximate surface area is 167 Å². The van der Waals surface area contributed by atoms with Crippen molar-refractivity contribution in [1.82, 2.24) is 14.4 Å². The summed E-state index contributed by atoms with van der Waals surface area (Å²) in [4.78, 5) is 14.7. The van der Waals surface area contributed by atoms with Gasteiger partial charge in [-0.2, -0.15) is 9.29 Å². The smallest absolute Gasteiger partial charge is 0.269 e. The third-order valence-corrected chi connectivity index (χ3v) is 6.78. The van der Waals surface area contributed by atoms with Crippen molar-refractivity contribution in [3.05, 3.63) is 70.1 Å². The number of benzene rings is 2. The van der Waals surface area contributed by atoms with Crippen molar-refractivity contribution in [2.75, 3.05) is 6.54 Å². The quantitative estimate of drug-likeness (QED) is 0.463.